The lowest BCUT2D eigenvalue weighted by molar-refractivity contribution is 0.479. The largest absolute Gasteiger partial charge is 0.268 e. The zero-order valence-corrected chi connectivity index (χ0v) is 9.86. The number of rotatable bonds is 3. The molecule has 1 heterocycles. The summed E-state index contributed by atoms with van der Waals surface area (Å²) in [5, 5.41) is 5.13. The van der Waals surface area contributed by atoms with Crippen LogP contribution in [-0.4, -0.2) is 15.5 Å². The summed E-state index contributed by atoms with van der Waals surface area (Å²) in [5.41, 5.74) is 1.96. The molecule has 0 fully saturated rings. The zero-order chi connectivity index (χ0) is 10.0. The molecular formula is C9H15ClN2S. The second-order valence-corrected chi connectivity index (χ2v) is 4.20. The maximum atomic E-state index is 6.02. The van der Waals surface area contributed by atoms with Gasteiger partial charge >= 0.3 is 0 Å². The summed E-state index contributed by atoms with van der Waals surface area (Å²) in [6.45, 7) is 6.96. The first-order chi connectivity index (χ1) is 6.06. The van der Waals surface area contributed by atoms with Gasteiger partial charge in [-0.1, -0.05) is 18.5 Å². The highest BCUT2D eigenvalue weighted by Crippen LogP contribution is 2.19. The second kappa shape index (κ2) is 4.38. The molecule has 13 heavy (non-hydrogen) atoms. The van der Waals surface area contributed by atoms with Crippen LogP contribution in [0.25, 0.3) is 0 Å². The minimum Gasteiger partial charge on any atom is -0.268 e. The number of thiol groups is 1. The van der Waals surface area contributed by atoms with Gasteiger partial charge < -0.3 is 0 Å². The van der Waals surface area contributed by atoms with E-state index in [0.717, 1.165) is 28.7 Å². The van der Waals surface area contributed by atoms with Crippen LogP contribution in [0.2, 0.25) is 5.02 Å². The molecule has 4 heteroatoms. The van der Waals surface area contributed by atoms with Crippen LogP contribution in [0.4, 0.5) is 0 Å². The van der Waals surface area contributed by atoms with E-state index in [1.807, 2.05) is 18.5 Å². The fourth-order valence-electron chi connectivity index (χ4n) is 1.21. The molecule has 1 rings (SSSR count). The van der Waals surface area contributed by atoms with Gasteiger partial charge in [-0.25, -0.2) is 0 Å². The third-order valence-electron chi connectivity index (χ3n) is 2.09. The van der Waals surface area contributed by atoms with Crippen molar-refractivity contribution >= 4 is 24.2 Å². The number of hydrogen-bond donors (Lipinski definition) is 1. The molecule has 0 aliphatic heterocycles. The molecule has 0 saturated heterocycles. The molecule has 0 radical (unpaired) electrons. The Morgan fingerprint density at radius 1 is 1.54 bits per heavy atom. The van der Waals surface area contributed by atoms with Gasteiger partial charge in [-0.15, -0.1) is 0 Å². The maximum absolute atomic E-state index is 6.02. The minimum atomic E-state index is 0.525. The molecule has 0 spiro atoms. The Labute approximate surface area is 89.7 Å². The second-order valence-electron chi connectivity index (χ2n) is 3.45. The van der Waals surface area contributed by atoms with E-state index >= 15 is 0 Å². The Hall–Kier alpha value is -0.150. The van der Waals surface area contributed by atoms with Gasteiger partial charge in [0.05, 0.1) is 16.4 Å². The zero-order valence-electron chi connectivity index (χ0n) is 8.21. The molecule has 74 valence electrons. The summed E-state index contributed by atoms with van der Waals surface area (Å²) >= 11 is 10.3. The van der Waals surface area contributed by atoms with Crippen molar-refractivity contribution in [2.45, 2.75) is 27.3 Å². The molecule has 2 nitrogen and oxygen atoms in total. The van der Waals surface area contributed by atoms with Crippen LogP contribution in [-0.2, 0) is 6.54 Å². The third kappa shape index (κ3) is 2.41. The number of nitrogens with zero attached hydrogens (tertiary/aromatic N) is 2. The standard InChI is InChI=1S/C9H15ClN2S/c1-6(5-13)4-12-8(3)9(10)7(2)11-12/h6,13H,4-5H2,1-3H3. The van der Waals surface area contributed by atoms with Crippen molar-refractivity contribution < 1.29 is 0 Å². The van der Waals surface area contributed by atoms with Crippen molar-refractivity contribution in [3.8, 4) is 0 Å². The molecule has 0 saturated carbocycles. The van der Waals surface area contributed by atoms with Crippen LogP contribution in [0.15, 0.2) is 0 Å². The Morgan fingerprint density at radius 2 is 2.15 bits per heavy atom. The summed E-state index contributed by atoms with van der Waals surface area (Å²) in [5.74, 6) is 1.40. The Morgan fingerprint density at radius 3 is 2.54 bits per heavy atom. The van der Waals surface area contributed by atoms with E-state index in [1.165, 1.54) is 0 Å². The lowest BCUT2D eigenvalue weighted by Gasteiger charge is -2.09. The molecule has 0 aliphatic rings. The molecule has 0 amide bonds. The average molecular weight is 219 g/mol. The van der Waals surface area contributed by atoms with E-state index < -0.39 is 0 Å². The van der Waals surface area contributed by atoms with Gasteiger partial charge in [0.15, 0.2) is 0 Å². The molecule has 1 unspecified atom stereocenters. The summed E-state index contributed by atoms with van der Waals surface area (Å²) < 4.78 is 1.96. The highest BCUT2D eigenvalue weighted by Gasteiger charge is 2.10. The smallest absolute Gasteiger partial charge is 0.0844 e. The predicted octanol–water partition coefficient (Wildman–Crippen LogP) is 2.72. The maximum Gasteiger partial charge on any atom is 0.0844 e. The SMILES string of the molecule is Cc1nn(CC(C)CS)c(C)c1Cl. The Bertz CT molecular complexity index is 296. The lowest BCUT2D eigenvalue weighted by atomic mass is 10.2. The molecule has 0 aromatic carbocycles. The summed E-state index contributed by atoms with van der Waals surface area (Å²) in [6.07, 6.45) is 0. The van der Waals surface area contributed by atoms with E-state index in [9.17, 15) is 0 Å². The van der Waals surface area contributed by atoms with E-state index in [4.69, 9.17) is 11.6 Å². The van der Waals surface area contributed by atoms with Gasteiger partial charge in [0.25, 0.3) is 0 Å². The number of hydrogen-bond acceptors (Lipinski definition) is 2. The number of aromatic nitrogens is 2. The predicted molar refractivity (Wildman–Crippen MR) is 59.7 cm³/mol. The topological polar surface area (TPSA) is 17.8 Å². The normalized spacial score (nSPS) is 13.3. The van der Waals surface area contributed by atoms with Crippen molar-refractivity contribution in [1.29, 1.82) is 0 Å². The van der Waals surface area contributed by atoms with Crippen LogP contribution in [0.3, 0.4) is 0 Å². The van der Waals surface area contributed by atoms with Gasteiger partial charge in [-0.3, -0.25) is 4.68 Å². The highest BCUT2D eigenvalue weighted by atomic mass is 35.5. The van der Waals surface area contributed by atoms with Gasteiger partial charge in [0, 0.05) is 6.54 Å². The Kier molecular flexibility index (Phi) is 3.68. The third-order valence-corrected chi connectivity index (χ3v) is 3.26. The monoisotopic (exact) mass is 218 g/mol. The van der Waals surface area contributed by atoms with Crippen molar-refractivity contribution in [2.75, 3.05) is 5.75 Å². The van der Waals surface area contributed by atoms with Crippen molar-refractivity contribution in [1.82, 2.24) is 9.78 Å². The van der Waals surface area contributed by atoms with E-state index in [1.54, 1.807) is 0 Å². The van der Waals surface area contributed by atoms with E-state index in [-0.39, 0.29) is 0 Å². The van der Waals surface area contributed by atoms with Crippen LogP contribution in [0.1, 0.15) is 18.3 Å². The van der Waals surface area contributed by atoms with Gasteiger partial charge in [-0.05, 0) is 25.5 Å². The number of aryl methyl sites for hydroxylation is 1. The fraction of sp³-hybridized carbons (Fsp3) is 0.667. The molecule has 1 atom stereocenters. The first kappa shape index (κ1) is 10.9. The Balaban J connectivity index is 2.83. The average Bonchev–Trinajstić information content (AvgIpc) is 2.34. The molecule has 1 aromatic rings. The van der Waals surface area contributed by atoms with E-state index in [2.05, 4.69) is 24.7 Å². The highest BCUT2D eigenvalue weighted by molar-refractivity contribution is 7.80. The van der Waals surface area contributed by atoms with Crippen LogP contribution < -0.4 is 0 Å². The van der Waals surface area contributed by atoms with Crippen molar-refractivity contribution in [3.63, 3.8) is 0 Å². The fourth-order valence-corrected chi connectivity index (χ4v) is 1.46. The molecular weight excluding hydrogens is 204 g/mol. The molecule has 1 aromatic heterocycles. The summed E-state index contributed by atoms with van der Waals surface area (Å²) in [4.78, 5) is 0. The first-order valence-corrected chi connectivity index (χ1v) is 5.37. The van der Waals surface area contributed by atoms with Gasteiger partial charge in [0.1, 0.15) is 0 Å². The van der Waals surface area contributed by atoms with Gasteiger partial charge in [0.2, 0.25) is 0 Å². The minimum absolute atomic E-state index is 0.525. The molecule has 0 N–H and O–H groups in total. The van der Waals surface area contributed by atoms with Crippen molar-refractivity contribution in [2.24, 2.45) is 5.92 Å². The van der Waals surface area contributed by atoms with Crippen molar-refractivity contribution in [3.05, 3.63) is 16.4 Å². The summed E-state index contributed by atoms with van der Waals surface area (Å²) in [7, 11) is 0. The molecule has 0 bridgehead atoms. The van der Waals surface area contributed by atoms with Gasteiger partial charge in [-0.2, -0.15) is 17.7 Å². The molecule has 0 aliphatic carbocycles. The van der Waals surface area contributed by atoms with E-state index in [0.29, 0.717) is 5.92 Å². The van der Waals surface area contributed by atoms with Crippen LogP contribution in [0, 0.1) is 19.8 Å². The van der Waals surface area contributed by atoms with Crippen LogP contribution >= 0.6 is 24.2 Å². The quantitative estimate of drug-likeness (QED) is 0.773. The van der Waals surface area contributed by atoms with Crippen LogP contribution in [0.5, 0.6) is 0 Å². The number of halogens is 1. The lowest BCUT2D eigenvalue weighted by Crippen LogP contribution is -2.11. The first-order valence-electron chi connectivity index (χ1n) is 4.36. The summed E-state index contributed by atoms with van der Waals surface area (Å²) in [6, 6.07) is 0.